The molecule has 1 amide bonds. The van der Waals surface area contributed by atoms with Crippen molar-refractivity contribution in [3.8, 4) is 5.69 Å². The average molecular weight is 509 g/mol. The van der Waals surface area contributed by atoms with Crippen LogP contribution in [-0.2, 0) is 17.6 Å². The maximum Gasteiger partial charge on any atom is 0.267 e. The molecular weight excluding hydrogens is 485 g/mol. The molecule has 1 N–H and O–H groups in total. The highest BCUT2D eigenvalue weighted by atomic mass is 32.2. The molecule has 9 heteroatoms. The Balaban J connectivity index is 1.45. The number of hydrogen-bond acceptors (Lipinski definition) is 7. The number of nitrogens with one attached hydrogen (secondary N) is 1. The minimum Gasteiger partial charge on any atom is -0.272 e. The van der Waals surface area contributed by atoms with Gasteiger partial charge in [0.1, 0.15) is 4.83 Å². The Morgan fingerprint density at radius 3 is 2.71 bits per heavy atom. The second kappa shape index (κ2) is 9.85. The Kier molecular flexibility index (Phi) is 6.67. The first kappa shape index (κ1) is 23.0. The molecule has 1 aliphatic rings. The molecule has 0 unspecified atom stereocenters. The lowest BCUT2D eigenvalue weighted by molar-refractivity contribution is -0.118. The largest absolute Gasteiger partial charge is 0.272 e. The van der Waals surface area contributed by atoms with Crippen LogP contribution in [-0.4, -0.2) is 27.4 Å². The Morgan fingerprint density at radius 2 is 1.94 bits per heavy atom. The van der Waals surface area contributed by atoms with Crippen molar-refractivity contribution < 1.29 is 4.79 Å². The third-order valence-electron chi connectivity index (χ3n) is 5.72. The smallest absolute Gasteiger partial charge is 0.267 e. The summed E-state index contributed by atoms with van der Waals surface area (Å²) in [6.45, 7) is 4.04. The van der Waals surface area contributed by atoms with E-state index in [0.717, 1.165) is 57.6 Å². The normalized spacial score (nSPS) is 13.5. The zero-order valence-corrected chi connectivity index (χ0v) is 21.4. The third-order valence-corrected chi connectivity index (χ3v) is 8.78. The second-order valence-electron chi connectivity index (χ2n) is 8.29. The maximum absolute atomic E-state index is 13.7. The SMILES string of the molecule is Cc1ccc(-n2c(SCC(=O)N/N=C\c3ccc(C)s3)nc3sc4c(c3c2=O)CCCC4)cc1. The number of carbonyl (C=O) groups excluding carboxylic acids is 1. The van der Waals surface area contributed by atoms with Gasteiger partial charge in [-0.15, -0.1) is 22.7 Å². The molecule has 3 heterocycles. The van der Waals surface area contributed by atoms with Gasteiger partial charge in [0.2, 0.25) is 0 Å². The minimum absolute atomic E-state index is 0.0535. The van der Waals surface area contributed by atoms with Crippen LogP contribution in [0.5, 0.6) is 0 Å². The number of amides is 1. The molecule has 0 atom stereocenters. The fraction of sp³-hybridized carbons (Fsp3) is 0.280. The predicted molar refractivity (Wildman–Crippen MR) is 142 cm³/mol. The van der Waals surface area contributed by atoms with Crippen molar-refractivity contribution in [2.75, 3.05) is 5.75 Å². The van der Waals surface area contributed by atoms with Crippen LogP contribution < -0.4 is 11.0 Å². The number of nitrogens with zero attached hydrogens (tertiary/aromatic N) is 3. The van der Waals surface area contributed by atoms with Gasteiger partial charge in [-0.05, 0) is 69.4 Å². The summed E-state index contributed by atoms with van der Waals surface area (Å²) >= 11 is 4.49. The maximum atomic E-state index is 13.7. The molecule has 0 bridgehead atoms. The molecule has 4 aromatic rings. The molecule has 0 saturated heterocycles. The Morgan fingerprint density at radius 1 is 1.15 bits per heavy atom. The van der Waals surface area contributed by atoms with Crippen molar-refractivity contribution >= 4 is 56.8 Å². The minimum atomic E-state index is -0.246. The highest BCUT2D eigenvalue weighted by Gasteiger charge is 2.23. The number of hydrogen-bond donors (Lipinski definition) is 1. The number of benzene rings is 1. The predicted octanol–water partition coefficient (Wildman–Crippen LogP) is 5.25. The molecule has 0 saturated carbocycles. The van der Waals surface area contributed by atoms with Crippen molar-refractivity contribution in [2.24, 2.45) is 5.10 Å². The van der Waals surface area contributed by atoms with Gasteiger partial charge in [0.05, 0.1) is 23.0 Å². The number of rotatable bonds is 6. The highest BCUT2D eigenvalue weighted by Crippen LogP contribution is 2.35. The van der Waals surface area contributed by atoms with Crippen LogP contribution >= 0.6 is 34.4 Å². The molecule has 3 aromatic heterocycles. The van der Waals surface area contributed by atoms with E-state index in [1.54, 1.807) is 33.5 Å². The molecule has 174 valence electrons. The summed E-state index contributed by atoms with van der Waals surface area (Å²) in [6.07, 6.45) is 5.83. The quantitative estimate of drug-likeness (QED) is 0.167. The van der Waals surface area contributed by atoms with Crippen LogP contribution in [0.15, 0.2) is 51.5 Å². The molecule has 34 heavy (non-hydrogen) atoms. The molecule has 1 aliphatic carbocycles. The van der Waals surface area contributed by atoms with E-state index >= 15 is 0 Å². The van der Waals surface area contributed by atoms with Crippen molar-refractivity contribution in [1.82, 2.24) is 15.0 Å². The van der Waals surface area contributed by atoms with Gasteiger partial charge in [0.15, 0.2) is 5.16 Å². The Labute approximate surface area is 209 Å². The number of aromatic nitrogens is 2. The summed E-state index contributed by atoms with van der Waals surface area (Å²) in [5, 5.41) is 5.32. The van der Waals surface area contributed by atoms with Gasteiger partial charge in [0, 0.05) is 14.6 Å². The third kappa shape index (κ3) is 4.73. The van der Waals surface area contributed by atoms with Gasteiger partial charge in [-0.1, -0.05) is 29.5 Å². The summed E-state index contributed by atoms with van der Waals surface area (Å²) < 4.78 is 1.65. The summed E-state index contributed by atoms with van der Waals surface area (Å²) in [5.41, 5.74) is 5.56. The second-order valence-corrected chi connectivity index (χ2v) is 11.6. The number of carbonyl (C=O) groups is 1. The van der Waals surface area contributed by atoms with Crippen LogP contribution in [0.1, 0.15) is 38.6 Å². The van der Waals surface area contributed by atoms with E-state index in [-0.39, 0.29) is 17.2 Å². The fourth-order valence-electron chi connectivity index (χ4n) is 4.06. The van der Waals surface area contributed by atoms with Crippen LogP contribution in [0.3, 0.4) is 0 Å². The van der Waals surface area contributed by atoms with Crippen molar-refractivity contribution in [3.63, 3.8) is 0 Å². The van der Waals surface area contributed by atoms with E-state index in [0.29, 0.717) is 5.16 Å². The molecule has 0 radical (unpaired) electrons. The van der Waals surface area contributed by atoms with E-state index in [9.17, 15) is 9.59 Å². The molecule has 0 spiro atoms. The number of aryl methyl sites for hydroxylation is 4. The topological polar surface area (TPSA) is 76.3 Å². The lowest BCUT2D eigenvalue weighted by atomic mass is 9.97. The Hall–Kier alpha value is -2.75. The van der Waals surface area contributed by atoms with Crippen LogP contribution in [0.25, 0.3) is 15.9 Å². The molecule has 0 aliphatic heterocycles. The van der Waals surface area contributed by atoms with Gasteiger partial charge in [-0.2, -0.15) is 5.10 Å². The number of fused-ring (bicyclic) bond motifs is 3. The summed E-state index contributed by atoms with van der Waals surface area (Å²) in [6, 6.07) is 11.8. The molecule has 0 fully saturated rings. The van der Waals surface area contributed by atoms with E-state index < -0.39 is 0 Å². The van der Waals surface area contributed by atoms with Crippen LogP contribution in [0.2, 0.25) is 0 Å². The van der Waals surface area contributed by atoms with Crippen molar-refractivity contribution in [2.45, 2.75) is 44.7 Å². The zero-order valence-electron chi connectivity index (χ0n) is 19.0. The first-order chi connectivity index (χ1) is 16.5. The fourth-order valence-corrected chi connectivity index (χ4v) is 6.91. The Bertz CT molecular complexity index is 1450. The lowest BCUT2D eigenvalue weighted by Gasteiger charge is -2.13. The average Bonchev–Trinajstić information content (AvgIpc) is 3.41. The van der Waals surface area contributed by atoms with Crippen LogP contribution in [0, 0.1) is 13.8 Å². The van der Waals surface area contributed by atoms with E-state index in [1.165, 1.54) is 21.5 Å². The standard InChI is InChI=1S/C25H24N4O2S3/c1-15-7-10-17(11-8-15)29-24(31)22-19-5-3-4-6-20(19)34-23(22)27-25(29)32-14-21(30)28-26-13-18-12-9-16(2)33-18/h7-13H,3-6,14H2,1-2H3,(H,28,30)/b26-13-. The van der Waals surface area contributed by atoms with Crippen molar-refractivity contribution in [1.29, 1.82) is 0 Å². The lowest BCUT2D eigenvalue weighted by Crippen LogP contribution is -2.24. The zero-order chi connectivity index (χ0) is 23.7. The van der Waals surface area contributed by atoms with Gasteiger partial charge in [0.25, 0.3) is 11.5 Å². The first-order valence-electron chi connectivity index (χ1n) is 11.1. The van der Waals surface area contributed by atoms with E-state index in [1.807, 2.05) is 50.2 Å². The highest BCUT2D eigenvalue weighted by molar-refractivity contribution is 7.99. The summed E-state index contributed by atoms with van der Waals surface area (Å²) in [4.78, 5) is 35.3. The first-order valence-corrected chi connectivity index (χ1v) is 13.8. The molecule has 5 rings (SSSR count). The monoisotopic (exact) mass is 508 g/mol. The van der Waals surface area contributed by atoms with Gasteiger partial charge in [-0.3, -0.25) is 14.2 Å². The molecule has 6 nitrogen and oxygen atoms in total. The summed E-state index contributed by atoms with van der Waals surface area (Å²) in [5.74, 6) is -0.139. The molecular formula is C25H24N4O2S3. The number of thioether (sulfide) groups is 1. The molecule has 1 aromatic carbocycles. The van der Waals surface area contributed by atoms with Crippen molar-refractivity contribution in [3.05, 3.63) is 72.5 Å². The van der Waals surface area contributed by atoms with Gasteiger partial charge >= 0.3 is 0 Å². The van der Waals surface area contributed by atoms with E-state index in [4.69, 9.17) is 4.98 Å². The number of hydrazone groups is 1. The van der Waals surface area contributed by atoms with Gasteiger partial charge in [-0.25, -0.2) is 10.4 Å². The summed E-state index contributed by atoms with van der Waals surface area (Å²) in [7, 11) is 0. The van der Waals surface area contributed by atoms with Crippen LogP contribution in [0.4, 0.5) is 0 Å². The number of thiophene rings is 2. The van der Waals surface area contributed by atoms with E-state index in [2.05, 4.69) is 10.5 Å². The van der Waals surface area contributed by atoms with Gasteiger partial charge < -0.3 is 0 Å².